The third-order valence-corrected chi connectivity index (χ3v) is 4.65. The number of pyridine rings is 1. The predicted octanol–water partition coefficient (Wildman–Crippen LogP) is 4.48. The summed E-state index contributed by atoms with van der Waals surface area (Å²) in [5.41, 5.74) is 4.12. The molecule has 0 radical (unpaired) electrons. The van der Waals surface area contributed by atoms with E-state index in [0.717, 1.165) is 39.1 Å². The summed E-state index contributed by atoms with van der Waals surface area (Å²) in [6.07, 6.45) is 2.26. The first kappa shape index (κ1) is 17.0. The topological polar surface area (TPSA) is 60.2 Å². The zero-order chi connectivity index (χ0) is 18.5. The van der Waals surface area contributed by atoms with E-state index in [2.05, 4.69) is 32.0 Å². The Hall–Kier alpha value is -2.41. The van der Waals surface area contributed by atoms with Gasteiger partial charge < -0.3 is 4.74 Å². The third kappa shape index (κ3) is 3.07. The van der Waals surface area contributed by atoms with Crippen LogP contribution in [0.1, 0.15) is 26.3 Å². The highest BCUT2D eigenvalue weighted by atomic mass is 79.9. The van der Waals surface area contributed by atoms with Crippen molar-refractivity contribution in [3.63, 3.8) is 0 Å². The van der Waals surface area contributed by atoms with Crippen molar-refractivity contribution in [2.45, 2.75) is 32.8 Å². The van der Waals surface area contributed by atoms with Crippen LogP contribution in [0.2, 0.25) is 0 Å². The van der Waals surface area contributed by atoms with Gasteiger partial charge in [0.2, 0.25) is 0 Å². The van der Waals surface area contributed by atoms with E-state index in [1.165, 1.54) is 0 Å². The monoisotopic (exact) mass is 414 g/mol. The van der Waals surface area contributed by atoms with Crippen LogP contribution in [0.5, 0.6) is 0 Å². The Morgan fingerprint density at radius 2 is 2.04 bits per heavy atom. The molecule has 134 valence electrons. The van der Waals surface area contributed by atoms with Gasteiger partial charge in [0.1, 0.15) is 22.0 Å². The molecule has 4 rings (SSSR count). The number of amides is 1. The van der Waals surface area contributed by atoms with Crippen molar-refractivity contribution in [2.24, 2.45) is 0 Å². The summed E-state index contributed by atoms with van der Waals surface area (Å²) in [6.45, 7) is 6.25. The zero-order valence-electron chi connectivity index (χ0n) is 14.9. The number of rotatable bonds is 1. The van der Waals surface area contributed by atoms with Gasteiger partial charge in [-0.15, -0.1) is 0 Å². The number of anilines is 1. The quantitative estimate of drug-likeness (QED) is 0.550. The maximum atomic E-state index is 12.4. The first-order chi connectivity index (χ1) is 12.3. The molecule has 0 bridgehead atoms. The highest BCUT2D eigenvalue weighted by Crippen LogP contribution is 2.32. The number of carbonyl (C=O) groups excluding carboxylic acids is 1. The molecule has 1 aliphatic rings. The van der Waals surface area contributed by atoms with E-state index in [1.54, 1.807) is 11.2 Å². The van der Waals surface area contributed by atoms with Crippen LogP contribution in [-0.4, -0.2) is 32.8 Å². The molecular weight excluding hydrogens is 396 g/mol. The van der Waals surface area contributed by atoms with Gasteiger partial charge in [0.05, 0.1) is 5.69 Å². The Balaban J connectivity index is 1.68. The maximum absolute atomic E-state index is 12.4. The van der Waals surface area contributed by atoms with Gasteiger partial charge in [-0.2, -0.15) is 0 Å². The SMILES string of the molecule is CC(C)(C)OC(=O)N1CCc2cc(-n3cnc4ccc(Br)nc43)ccc21. The highest BCUT2D eigenvalue weighted by Gasteiger charge is 2.29. The Labute approximate surface area is 159 Å². The second kappa shape index (κ2) is 6.09. The molecule has 6 nitrogen and oxygen atoms in total. The summed E-state index contributed by atoms with van der Waals surface area (Å²) in [5, 5.41) is 0. The smallest absolute Gasteiger partial charge is 0.414 e. The molecule has 0 fully saturated rings. The Morgan fingerprint density at radius 3 is 2.81 bits per heavy atom. The third-order valence-electron chi connectivity index (χ3n) is 4.21. The van der Waals surface area contributed by atoms with Crippen molar-refractivity contribution < 1.29 is 9.53 Å². The number of imidazole rings is 1. The van der Waals surface area contributed by atoms with Gasteiger partial charge in [0.15, 0.2) is 5.65 Å². The fraction of sp³-hybridized carbons (Fsp3) is 0.316. The summed E-state index contributed by atoms with van der Waals surface area (Å²) in [6, 6.07) is 9.83. The van der Waals surface area contributed by atoms with Crippen LogP contribution in [-0.2, 0) is 11.2 Å². The molecule has 7 heteroatoms. The maximum Gasteiger partial charge on any atom is 0.414 e. The Kier molecular flexibility index (Phi) is 3.99. The molecule has 3 heterocycles. The van der Waals surface area contributed by atoms with Crippen LogP contribution in [0.4, 0.5) is 10.5 Å². The number of nitrogens with zero attached hydrogens (tertiary/aromatic N) is 4. The summed E-state index contributed by atoms with van der Waals surface area (Å²) in [5.74, 6) is 0. The largest absolute Gasteiger partial charge is 0.443 e. The molecule has 0 aliphatic carbocycles. The zero-order valence-corrected chi connectivity index (χ0v) is 16.4. The highest BCUT2D eigenvalue weighted by molar-refractivity contribution is 9.10. The second-order valence-electron chi connectivity index (χ2n) is 7.29. The summed E-state index contributed by atoms with van der Waals surface area (Å²) in [7, 11) is 0. The number of hydrogen-bond donors (Lipinski definition) is 0. The number of aromatic nitrogens is 3. The molecule has 0 unspecified atom stereocenters. The average molecular weight is 415 g/mol. The molecule has 0 atom stereocenters. The minimum absolute atomic E-state index is 0.303. The Bertz CT molecular complexity index is 1010. The van der Waals surface area contributed by atoms with E-state index in [4.69, 9.17) is 4.74 Å². The van der Waals surface area contributed by atoms with E-state index < -0.39 is 5.60 Å². The lowest BCUT2D eigenvalue weighted by atomic mass is 10.1. The van der Waals surface area contributed by atoms with Crippen LogP contribution in [0, 0.1) is 0 Å². The lowest BCUT2D eigenvalue weighted by Crippen LogP contribution is -2.35. The van der Waals surface area contributed by atoms with Crippen molar-refractivity contribution in [3.8, 4) is 5.69 Å². The molecule has 0 saturated carbocycles. The molecule has 3 aromatic rings. The van der Waals surface area contributed by atoms with Crippen molar-refractivity contribution in [1.29, 1.82) is 0 Å². The molecule has 2 aromatic heterocycles. The van der Waals surface area contributed by atoms with Crippen LogP contribution in [0.3, 0.4) is 0 Å². The molecule has 1 amide bonds. The second-order valence-corrected chi connectivity index (χ2v) is 8.10. The average Bonchev–Trinajstić information content (AvgIpc) is 3.15. The lowest BCUT2D eigenvalue weighted by Gasteiger charge is -2.24. The first-order valence-electron chi connectivity index (χ1n) is 8.45. The molecule has 1 aromatic carbocycles. The predicted molar refractivity (Wildman–Crippen MR) is 104 cm³/mol. The van der Waals surface area contributed by atoms with Crippen molar-refractivity contribution >= 4 is 38.9 Å². The van der Waals surface area contributed by atoms with Gasteiger partial charge >= 0.3 is 6.09 Å². The molecule has 26 heavy (non-hydrogen) atoms. The number of ether oxygens (including phenoxy) is 1. The van der Waals surface area contributed by atoms with E-state index in [0.29, 0.717) is 6.54 Å². The number of fused-ring (bicyclic) bond motifs is 2. The number of carbonyl (C=O) groups is 1. The minimum Gasteiger partial charge on any atom is -0.443 e. The molecular formula is C19H19BrN4O2. The van der Waals surface area contributed by atoms with E-state index in [-0.39, 0.29) is 6.09 Å². The van der Waals surface area contributed by atoms with E-state index in [9.17, 15) is 4.79 Å². The lowest BCUT2D eigenvalue weighted by molar-refractivity contribution is 0.0584. The van der Waals surface area contributed by atoms with Gasteiger partial charge in [-0.25, -0.2) is 14.8 Å². The van der Waals surface area contributed by atoms with E-state index in [1.807, 2.05) is 49.6 Å². The van der Waals surface area contributed by atoms with Crippen molar-refractivity contribution in [2.75, 3.05) is 11.4 Å². The van der Waals surface area contributed by atoms with Gasteiger partial charge in [0, 0.05) is 12.2 Å². The molecule has 0 saturated heterocycles. The fourth-order valence-electron chi connectivity index (χ4n) is 3.10. The normalized spacial score (nSPS) is 13.9. The van der Waals surface area contributed by atoms with Crippen molar-refractivity contribution in [1.82, 2.24) is 14.5 Å². The number of halogens is 1. The van der Waals surface area contributed by atoms with Gasteiger partial charge in [0.25, 0.3) is 0 Å². The van der Waals surface area contributed by atoms with Crippen LogP contribution in [0.15, 0.2) is 41.3 Å². The molecule has 0 N–H and O–H groups in total. The minimum atomic E-state index is -0.505. The summed E-state index contributed by atoms with van der Waals surface area (Å²) in [4.78, 5) is 23.1. The van der Waals surface area contributed by atoms with Gasteiger partial charge in [-0.3, -0.25) is 9.47 Å². The molecule has 1 aliphatic heterocycles. The molecule has 0 spiro atoms. The summed E-state index contributed by atoms with van der Waals surface area (Å²) < 4.78 is 8.23. The Morgan fingerprint density at radius 1 is 1.23 bits per heavy atom. The number of hydrogen-bond acceptors (Lipinski definition) is 4. The first-order valence-corrected chi connectivity index (χ1v) is 9.24. The van der Waals surface area contributed by atoms with Crippen LogP contribution >= 0.6 is 15.9 Å². The fourth-order valence-corrected chi connectivity index (χ4v) is 3.40. The van der Waals surface area contributed by atoms with Crippen molar-refractivity contribution in [3.05, 3.63) is 46.8 Å². The van der Waals surface area contributed by atoms with E-state index >= 15 is 0 Å². The van der Waals surface area contributed by atoms with Crippen LogP contribution in [0.25, 0.3) is 16.9 Å². The van der Waals surface area contributed by atoms with Gasteiger partial charge in [-0.05, 0) is 79.0 Å². The number of benzene rings is 1. The summed E-state index contributed by atoms with van der Waals surface area (Å²) >= 11 is 3.41. The van der Waals surface area contributed by atoms with Gasteiger partial charge in [-0.1, -0.05) is 0 Å². The standard InChI is InChI=1S/C19H19BrN4O2/c1-19(2,3)26-18(25)23-9-8-12-10-13(4-6-15(12)23)24-11-21-14-5-7-16(20)22-17(14)24/h4-7,10-11H,8-9H2,1-3H3. The van der Waals surface area contributed by atoms with Crippen LogP contribution < -0.4 is 4.90 Å².